The third-order valence-electron chi connectivity index (χ3n) is 8.50. The molecule has 6 rings (SSSR count). The molecule has 6 atom stereocenters. The zero-order valence-electron chi connectivity index (χ0n) is 17.7. The van der Waals surface area contributed by atoms with Crippen LogP contribution in [0.5, 0.6) is 0 Å². The van der Waals surface area contributed by atoms with Crippen molar-refractivity contribution in [1.82, 2.24) is 9.78 Å². The van der Waals surface area contributed by atoms with E-state index >= 15 is 0 Å². The maximum Gasteiger partial charge on any atom is 0.303 e. The molecule has 0 aliphatic heterocycles. The van der Waals surface area contributed by atoms with Gasteiger partial charge in [-0.05, 0) is 74.5 Å². The summed E-state index contributed by atoms with van der Waals surface area (Å²) in [5.74, 6) is 0.792. The fourth-order valence-electron chi connectivity index (χ4n) is 7.78. The highest BCUT2D eigenvalue weighted by Gasteiger charge is 2.59. The van der Waals surface area contributed by atoms with Crippen molar-refractivity contribution in [1.29, 1.82) is 0 Å². The number of aliphatic carboxylic acids is 1. The topological polar surface area (TPSA) is 84.2 Å². The van der Waals surface area contributed by atoms with E-state index in [9.17, 15) is 14.7 Å². The van der Waals surface area contributed by atoms with Crippen LogP contribution in [0.4, 0.5) is 5.69 Å². The molecular formula is C23H32ClN3O3. The second kappa shape index (κ2) is 7.25. The summed E-state index contributed by atoms with van der Waals surface area (Å²) in [6.45, 7) is 2.25. The Labute approximate surface area is 182 Å². The summed E-state index contributed by atoms with van der Waals surface area (Å²) in [4.78, 5) is 25.0. The first-order valence-corrected chi connectivity index (χ1v) is 11.9. The van der Waals surface area contributed by atoms with Crippen LogP contribution in [0.1, 0.15) is 77.6 Å². The van der Waals surface area contributed by atoms with Gasteiger partial charge in [-0.25, -0.2) is 4.68 Å². The van der Waals surface area contributed by atoms with Crippen LogP contribution < -0.4 is 10.9 Å². The molecule has 2 unspecified atom stereocenters. The fourth-order valence-corrected chi connectivity index (χ4v) is 7.96. The number of rotatable bonds is 5. The van der Waals surface area contributed by atoms with Gasteiger partial charge in [0, 0.05) is 6.04 Å². The lowest BCUT2D eigenvalue weighted by Gasteiger charge is -2.61. The van der Waals surface area contributed by atoms with Gasteiger partial charge in [0.15, 0.2) is 0 Å². The van der Waals surface area contributed by atoms with Crippen molar-refractivity contribution >= 4 is 23.3 Å². The predicted molar refractivity (Wildman–Crippen MR) is 116 cm³/mol. The number of aromatic nitrogens is 2. The molecule has 6 nitrogen and oxygen atoms in total. The van der Waals surface area contributed by atoms with Crippen LogP contribution in [-0.4, -0.2) is 26.9 Å². The summed E-state index contributed by atoms with van der Waals surface area (Å²) in [6, 6.07) is 0.326. The van der Waals surface area contributed by atoms with E-state index in [2.05, 4.69) is 17.3 Å². The Kier molecular flexibility index (Phi) is 4.92. The minimum absolute atomic E-state index is 0.196. The lowest BCUT2D eigenvalue weighted by atomic mass is 9.46. The molecule has 0 aromatic carbocycles. The van der Waals surface area contributed by atoms with Gasteiger partial charge in [0.1, 0.15) is 5.02 Å². The highest BCUT2D eigenvalue weighted by Crippen LogP contribution is 2.65. The number of carbonyl (C=O) groups is 1. The van der Waals surface area contributed by atoms with Crippen molar-refractivity contribution in [3.8, 4) is 0 Å². The molecule has 1 aromatic heterocycles. The van der Waals surface area contributed by atoms with Crippen LogP contribution in [-0.2, 0) is 10.3 Å². The monoisotopic (exact) mass is 433 g/mol. The first kappa shape index (κ1) is 20.3. The van der Waals surface area contributed by atoms with Gasteiger partial charge in [0.25, 0.3) is 5.56 Å². The Balaban J connectivity index is 1.46. The molecule has 1 aromatic rings. The van der Waals surface area contributed by atoms with Crippen LogP contribution in [0.15, 0.2) is 11.0 Å². The highest BCUT2D eigenvalue weighted by molar-refractivity contribution is 6.32. The number of carboxylic acid groups (broad SMARTS) is 1. The zero-order chi connectivity index (χ0) is 21.1. The molecule has 0 amide bonds. The zero-order valence-corrected chi connectivity index (χ0v) is 18.5. The quantitative estimate of drug-likeness (QED) is 0.705. The minimum atomic E-state index is -0.730. The van der Waals surface area contributed by atoms with Gasteiger partial charge in [-0.3, -0.25) is 9.59 Å². The van der Waals surface area contributed by atoms with Gasteiger partial charge in [0.05, 0.1) is 23.8 Å². The van der Waals surface area contributed by atoms with Gasteiger partial charge in [-0.2, -0.15) is 5.10 Å². The lowest BCUT2D eigenvalue weighted by molar-refractivity contribution is -0.151. The minimum Gasteiger partial charge on any atom is -0.481 e. The number of nitrogens with one attached hydrogen (secondary N) is 1. The summed E-state index contributed by atoms with van der Waals surface area (Å²) in [5, 5.41) is 17.9. The number of anilines is 1. The van der Waals surface area contributed by atoms with Gasteiger partial charge >= 0.3 is 5.97 Å². The summed E-state index contributed by atoms with van der Waals surface area (Å²) in [6.07, 6.45) is 12.3. The number of hydrogen-bond acceptors (Lipinski definition) is 4. The van der Waals surface area contributed by atoms with E-state index in [1.807, 2.05) is 0 Å². The maximum absolute atomic E-state index is 13.4. The third-order valence-corrected chi connectivity index (χ3v) is 8.86. The Hall–Kier alpha value is -1.56. The Morgan fingerprint density at radius 2 is 1.97 bits per heavy atom. The van der Waals surface area contributed by atoms with Gasteiger partial charge < -0.3 is 10.4 Å². The molecule has 4 bridgehead atoms. The summed E-state index contributed by atoms with van der Waals surface area (Å²) >= 11 is 6.59. The third kappa shape index (κ3) is 3.35. The van der Waals surface area contributed by atoms with Crippen molar-refractivity contribution in [3.63, 3.8) is 0 Å². The predicted octanol–water partition coefficient (Wildman–Crippen LogP) is 4.66. The van der Waals surface area contributed by atoms with Crippen molar-refractivity contribution in [2.24, 2.45) is 23.2 Å². The number of nitrogens with zero attached hydrogens (tertiary/aromatic N) is 2. The van der Waals surface area contributed by atoms with E-state index in [-0.39, 0.29) is 28.0 Å². The van der Waals surface area contributed by atoms with Crippen molar-refractivity contribution in [2.45, 2.75) is 89.1 Å². The normalized spacial score (nSPS) is 39.8. The van der Waals surface area contributed by atoms with Gasteiger partial charge in [0.2, 0.25) is 0 Å². The second-order valence-electron chi connectivity index (χ2n) is 10.9. The van der Waals surface area contributed by atoms with Crippen molar-refractivity contribution in [3.05, 3.63) is 21.6 Å². The van der Waals surface area contributed by atoms with Crippen LogP contribution in [0.2, 0.25) is 5.02 Å². The standard InChI is InChI=1S/C23H32ClN3O3/c1-14-4-2-3-5-17(14)26-18-12-25-27(21(30)20(18)24)23-9-15-6-16(10-23)8-22(7-15,13-23)11-19(28)29/h12,14-17,26H,2-11,13H2,1H3,(H,28,29)/t14-,15-,16+,17+,22?,23?/m1/s1. The molecule has 0 spiro atoms. The summed E-state index contributed by atoms with van der Waals surface area (Å²) < 4.78 is 1.64. The maximum atomic E-state index is 13.4. The van der Waals surface area contributed by atoms with Crippen LogP contribution in [0.25, 0.3) is 0 Å². The molecule has 30 heavy (non-hydrogen) atoms. The van der Waals surface area contributed by atoms with Gasteiger partial charge in [-0.1, -0.05) is 31.4 Å². The Bertz CT molecular complexity index is 899. The Morgan fingerprint density at radius 3 is 2.63 bits per heavy atom. The highest BCUT2D eigenvalue weighted by atomic mass is 35.5. The molecular weight excluding hydrogens is 402 g/mol. The van der Waals surface area contributed by atoms with Gasteiger partial charge in [-0.15, -0.1) is 0 Å². The van der Waals surface area contributed by atoms with E-state index in [1.165, 1.54) is 19.3 Å². The molecule has 0 saturated heterocycles. The largest absolute Gasteiger partial charge is 0.481 e. The average Bonchev–Trinajstić information content (AvgIpc) is 2.65. The molecule has 0 radical (unpaired) electrons. The molecule has 5 aliphatic carbocycles. The Morgan fingerprint density at radius 1 is 1.27 bits per heavy atom. The summed E-state index contributed by atoms with van der Waals surface area (Å²) in [5.41, 5.74) is -0.159. The van der Waals surface area contributed by atoms with Crippen molar-refractivity contribution in [2.75, 3.05) is 5.32 Å². The number of carboxylic acids is 1. The van der Waals surface area contributed by atoms with Crippen LogP contribution in [0.3, 0.4) is 0 Å². The van der Waals surface area contributed by atoms with E-state index in [4.69, 9.17) is 11.6 Å². The molecule has 1 heterocycles. The van der Waals surface area contributed by atoms with E-state index in [0.29, 0.717) is 29.5 Å². The fraction of sp³-hybridized carbons (Fsp3) is 0.783. The van der Waals surface area contributed by atoms with E-state index < -0.39 is 5.97 Å². The smallest absolute Gasteiger partial charge is 0.303 e. The first-order chi connectivity index (χ1) is 14.3. The summed E-state index contributed by atoms with van der Waals surface area (Å²) in [7, 11) is 0. The molecule has 5 saturated carbocycles. The second-order valence-corrected chi connectivity index (χ2v) is 11.2. The van der Waals surface area contributed by atoms with E-state index in [1.54, 1.807) is 10.9 Å². The van der Waals surface area contributed by atoms with Crippen LogP contribution >= 0.6 is 11.6 Å². The number of halogens is 1. The average molecular weight is 434 g/mol. The van der Waals surface area contributed by atoms with Crippen LogP contribution in [0, 0.1) is 23.2 Å². The molecule has 164 valence electrons. The number of hydrogen-bond donors (Lipinski definition) is 2. The van der Waals surface area contributed by atoms with E-state index in [0.717, 1.165) is 44.9 Å². The molecule has 7 heteroatoms. The lowest BCUT2D eigenvalue weighted by Crippen LogP contribution is -2.59. The molecule has 5 aliphatic rings. The van der Waals surface area contributed by atoms with Crippen molar-refractivity contribution < 1.29 is 9.90 Å². The molecule has 2 N–H and O–H groups in total. The first-order valence-electron chi connectivity index (χ1n) is 11.6. The molecule has 5 fully saturated rings. The SMILES string of the molecule is C[C@@H]1CCCC[C@@H]1Nc1cnn(C23C[C@@H]4C[C@@H](CC(CC(=O)O)(C4)C2)C3)c(=O)c1Cl.